The van der Waals surface area contributed by atoms with Crippen LogP contribution in [0.25, 0.3) is 11.0 Å². The highest BCUT2D eigenvalue weighted by Crippen LogP contribution is 2.38. The lowest BCUT2D eigenvalue weighted by Crippen LogP contribution is -2.58. The minimum atomic E-state index is -4.82. The zero-order valence-corrected chi connectivity index (χ0v) is 19.4. The Morgan fingerprint density at radius 3 is 2.66 bits per heavy atom. The molecule has 1 unspecified atom stereocenters. The first kappa shape index (κ1) is 24.5. The number of urea groups is 1. The molecule has 3 aromatic rings. The van der Waals surface area contributed by atoms with Gasteiger partial charge in [0.1, 0.15) is 0 Å². The van der Waals surface area contributed by atoms with Gasteiger partial charge in [-0.2, -0.15) is 13.2 Å². The van der Waals surface area contributed by atoms with E-state index in [-0.39, 0.29) is 18.7 Å². The zero-order valence-electron chi connectivity index (χ0n) is 18.7. The van der Waals surface area contributed by atoms with Gasteiger partial charge in [0.25, 0.3) is 0 Å². The number of imide groups is 1. The molecule has 0 spiro atoms. The second-order valence-electron chi connectivity index (χ2n) is 7.92. The number of nitrogens with zero attached hydrogens (tertiary/aromatic N) is 4. The summed E-state index contributed by atoms with van der Waals surface area (Å²) in [7, 11) is 1.79. The van der Waals surface area contributed by atoms with Crippen LogP contribution < -0.4 is 4.90 Å². The Morgan fingerprint density at radius 2 is 1.97 bits per heavy atom. The van der Waals surface area contributed by atoms with Crippen LogP contribution in [0.4, 0.5) is 23.7 Å². The van der Waals surface area contributed by atoms with Gasteiger partial charge < -0.3 is 9.30 Å². The maximum atomic E-state index is 13.7. The molecule has 1 aromatic heterocycles. The Kier molecular flexibility index (Phi) is 6.46. The van der Waals surface area contributed by atoms with E-state index >= 15 is 0 Å². The van der Waals surface area contributed by atoms with Crippen molar-refractivity contribution in [1.82, 2.24) is 14.5 Å². The number of hydrogen-bond donors (Lipinski definition) is 0. The van der Waals surface area contributed by atoms with Crippen molar-refractivity contribution >= 4 is 46.2 Å². The molecule has 1 fully saturated rings. The zero-order chi connectivity index (χ0) is 25.5. The van der Waals surface area contributed by atoms with E-state index in [9.17, 15) is 27.6 Å². The Balaban J connectivity index is 1.77. The SMILES string of the molecule is CCOC(=O)C1CN(c2ccc3c(c2)ncn3C)C(=O)N(Cc2cccc(Cl)c2C(F)(F)F)C1=O. The Morgan fingerprint density at radius 1 is 1.23 bits per heavy atom. The second-order valence-corrected chi connectivity index (χ2v) is 8.33. The molecule has 0 radical (unpaired) electrons. The Bertz CT molecular complexity index is 1320. The van der Waals surface area contributed by atoms with Gasteiger partial charge in [-0.1, -0.05) is 23.7 Å². The molecule has 4 rings (SSSR count). The highest BCUT2D eigenvalue weighted by molar-refractivity contribution is 6.31. The minimum absolute atomic E-state index is 0.0109. The van der Waals surface area contributed by atoms with Gasteiger partial charge in [0.15, 0.2) is 5.92 Å². The van der Waals surface area contributed by atoms with Crippen LogP contribution in [0.3, 0.4) is 0 Å². The Hall–Kier alpha value is -3.60. The van der Waals surface area contributed by atoms with Gasteiger partial charge >= 0.3 is 18.2 Å². The topological polar surface area (TPSA) is 84.7 Å². The molecule has 3 amide bonds. The third-order valence-corrected chi connectivity index (χ3v) is 6.01. The molecule has 184 valence electrons. The summed E-state index contributed by atoms with van der Waals surface area (Å²) < 4.78 is 47.8. The molecule has 0 N–H and O–H groups in total. The van der Waals surface area contributed by atoms with Crippen molar-refractivity contribution in [3.05, 3.63) is 58.9 Å². The van der Waals surface area contributed by atoms with E-state index in [4.69, 9.17) is 16.3 Å². The van der Waals surface area contributed by atoms with Crippen LogP contribution in [-0.2, 0) is 34.1 Å². The highest BCUT2D eigenvalue weighted by atomic mass is 35.5. The standard InChI is InChI=1S/C23H20ClF3N4O4/c1-3-35-21(33)15-11-30(14-7-8-18-17(9-14)28-12-29(18)2)22(34)31(20(15)32)10-13-5-4-6-16(24)19(13)23(25,26)27/h4-9,12,15H,3,10-11H2,1-2H3. The van der Waals surface area contributed by atoms with Gasteiger partial charge in [-0.3, -0.25) is 19.4 Å². The first-order chi connectivity index (χ1) is 16.5. The molecule has 2 aromatic carbocycles. The number of carbonyl (C=O) groups is 3. The quantitative estimate of drug-likeness (QED) is 0.377. The number of hydrogen-bond acceptors (Lipinski definition) is 5. The fourth-order valence-corrected chi connectivity index (χ4v) is 4.33. The average Bonchev–Trinajstić information content (AvgIpc) is 3.16. The van der Waals surface area contributed by atoms with E-state index < -0.39 is 47.1 Å². The van der Waals surface area contributed by atoms with Crippen molar-refractivity contribution < 1.29 is 32.3 Å². The van der Waals surface area contributed by atoms with Gasteiger partial charge in [0.05, 0.1) is 47.6 Å². The van der Waals surface area contributed by atoms with E-state index in [0.717, 1.165) is 22.5 Å². The number of carbonyl (C=O) groups excluding carboxylic acids is 3. The number of halogens is 4. The van der Waals surface area contributed by atoms with Crippen molar-refractivity contribution in [2.24, 2.45) is 13.0 Å². The number of anilines is 1. The summed E-state index contributed by atoms with van der Waals surface area (Å²) in [5, 5.41) is -0.564. The number of aryl methyl sites for hydroxylation is 1. The molecule has 0 aliphatic carbocycles. The molecule has 1 aliphatic heterocycles. The van der Waals surface area contributed by atoms with Crippen molar-refractivity contribution in [2.45, 2.75) is 19.6 Å². The molecule has 12 heteroatoms. The maximum absolute atomic E-state index is 13.7. The third kappa shape index (κ3) is 4.55. The molecule has 35 heavy (non-hydrogen) atoms. The first-order valence-corrected chi connectivity index (χ1v) is 11.0. The van der Waals surface area contributed by atoms with E-state index in [1.807, 2.05) is 0 Å². The molecule has 2 heterocycles. The van der Waals surface area contributed by atoms with Crippen LogP contribution in [-0.4, -0.2) is 45.5 Å². The average molecular weight is 509 g/mol. The number of ether oxygens (including phenoxy) is 1. The van der Waals surface area contributed by atoms with Gasteiger partial charge in [0.2, 0.25) is 5.91 Å². The fraction of sp³-hybridized carbons (Fsp3) is 0.304. The van der Waals surface area contributed by atoms with Crippen LogP contribution in [0.2, 0.25) is 5.02 Å². The summed E-state index contributed by atoms with van der Waals surface area (Å²) in [5.74, 6) is -3.24. The van der Waals surface area contributed by atoms with E-state index in [2.05, 4.69) is 4.98 Å². The highest BCUT2D eigenvalue weighted by Gasteiger charge is 2.45. The lowest BCUT2D eigenvalue weighted by atomic mass is 10.0. The molecular formula is C23H20ClF3N4O4. The van der Waals surface area contributed by atoms with Crippen molar-refractivity contribution in [1.29, 1.82) is 0 Å². The molecule has 8 nitrogen and oxygen atoms in total. The van der Waals surface area contributed by atoms with E-state index in [1.165, 1.54) is 6.07 Å². The summed E-state index contributed by atoms with van der Waals surface area (Å²) >= 11 is 5.81. The number of aromatic nitrogens is 2. The Labute approximate surface area is 202 Å². The third-order valence-electron chi connectivity index (χ3n) is 5.69. The molecule has 1 saturated heterocycles. The van der Waals surface area contributed by atoms with Crippen LogP contribution >= 0.6 is 11.6 Å². The fourth-order valence-electron chi connectivity index (χ4n) is 4.03. The maximum Gasteiger partial charge on any atom is 0.418 e. The normalized spacial score (nSPS) is 16.8. The summed E-state index contributed by atoms with van der Waals surface area (Å²) in [4.78, 5) is 45.1. The van der Waals surface area contributed by atoms with Crippen molar-refractivity contribution in [3.63, 3.8) is 0 Å². The predicted octanol–water partition coefficient (Wildman–Crippen LogP) is 4.39. The van der Waals surface area contributed by atoms with Crippen LogP contribution in [0.5, 0.6) is 0 Å². The monoisotopic (exact) mass is 508 g/mol. The van der Waals surface area contributed by atoms with E-state index in [1.54, 1.807) is 43.1 Å². The molecule has 0 saturated carbocycles. The second kappa shape index (κ2) is 9.21. The summed E-state index contributed by atoms with van der Waals surface area (Å²) in [6.45, 7) is 0.490. The number of imidazole rings is 1. The van der Waals surface area contributed by atoms with Crippen LogP contribution in [0.1, 0.15) is 18.1 Å². The molecule has 1 atom stereocenters. The summed E-state index contributed by atoms with van der Waals surface area (Å²) in [6.07, 6.45) is -3.23. The van der Waals surface area contributed by atoms with Crippen LogP contribution in [0, 0.1) is 5.92 Å². The smallest absolute Gasteiger partial charge is 0.418 e. The molecular weight excluding hydrogens is 489 g/mol. The minimum Gasteiger partial charge on any atom is -0.465 e. The number of fused-ring (bicyclic) bond motifs is 1. The van der Waals surface area contributed by atoms with Gasteiger partial charge in [-0.25, -0.2) is 9.78 Å². The van der Waals surface area contributed by atoms with E-state index in [0.29, 0.717) is 16.1 Å². The van der Waals surface area contributed by atoms with Crippen LogP contribution in [0.15, 0.2) is 42.7 Å². The number of rotatable bonds is 5. The largest absolute Gasteiger partial charge is 0.465 e. The summed E-state index contributed by atoms with van der Waals surface area (Å²) in [5.41, 5.74) is 0.137. The summed E-state index contributed by atoms with van der Waals surface area (Å²) in [6, 6.07) is 7.55. The number of alkyl halides is 3. The predicted molar refractivity (Wildman–Crippen MR) is 121 cm³/mol. The molecule has 1 aliphatic rings. The van der Waals surface area contributed by atoms with Gasteiger partial charge in [-0.05, 0) is 36.8 Å². The first-order valence-electron chi connectivity index (χ1n) is 10.6. The van der Waals surface area contributed by atoms with Gasteiger partial charge in [-0.15, -0.1) is 0 Å². The molecule has 0 bridgehead atoms. The van der Waals surface area contributed by atoms with Crippen molar-refractivity contribution in [2.75, 3.05) is 18.1 Å². The van der Waals surface area contributed by atoms with Crippen molar-refractivity contribution in [3.8, 4) is 0 Å². The lowest BCUT2D eigenvalue weighted by Gasteiger charge is -2.38. The number of esters is 1. The van der Waals surface area contributed by atoms with Gasteiger partial charge in [0, 0.05) is 12.7 Å². The number of amides is 3. The lowest BCUT2D eigenvalue weighted by molar-refractivity contribution is -0.155. The number of benzene rings is 2.